The third-order valence-corrected chi connectivity index (χ3v) is 7.21. The highest BCUT2D eigenvalue weighted by Gasteiger charge is 2.28. The second-order valence-corrected chi connectivity index (χ2v) is 9.38. The van der Waals surface area contributed by atoms with Crippen molar-refractivity contribution in [3.63, 3.8) is 0 Å². The van der Waals surface area contributed by atoms with Gasteiger partial charge in [-0.15, -0.1) is 0 Å². The van der Waals surface area contributed by atoms with Gasteiger partial charge in [0.25, 0.3) is 5.91 Å². The number of hydrogen-bond donors (Lipinski definition) is 0. The van der Waals surface area contributed by atoms with E-state index in [2.05, 4.69) is 4.98 Å². The molecule has 0 N–H and O–H groups in total. The summed E-state index contributed by atoms with van der Waals surface area (Å²) < 4.78 is 54.8. The highest BCUT2D eigenvalue weighted by molar-refractivity contribution is 7.89. The van der Waals surface area contributed by atoms with Crippen LogP contribution in [-0.4, -0.2) is 36.7 Å². The predicted molar refractivity (Wildman–Crippen MR) is 116 cm³/mol. The Bertz CT molecular complexity index is 1210. The Morgan fingerprint density at radius 2 is 1.72 bits per heavy atom. The van der Waals surface area contributed by atoms with Gasteiger partial charge in [-0.3, -0.25) is 14.7 Å². The number of hydrogen-bond acceptors (Lipinski definition) is 4. The van der Waals surface area contributed by atoms with E-state index in [1.165, 1.54) is 34.6 Å². The first-order valence-corrected chi connectivity index (χ1v) is 11.6. The first-order valence-electron chi connectivity index (χ1n) is 10.1. The molecule has 0 atom stereocenters. The molecule has 1 amide bonds. The van der Waals surface area contributed by atoms with Gasteiger partial charge in [-0.25, -0.2) is 17.2 Å². The Morgan fingerprint density at radius 1 is 1.00 bits per heavy atom. The highest BCUT2D eigenvalue weighted by atomic mass is 32.2. The summed E-state index contributed by atoms with van der Waals surface area (Å²) in [6, 6.07) is 13.7. The third kappa shape index (κ3) is 4.53. The number of amides is 1. The van der Waals surface area contributed by atoms with Gasteiger partial charge < -0.3 is 0 Å². The normalized spacial score (nSPS) is 14.4. The summed E-state index contributed by atoms with van der Waals surface area (Å²) in [6.45, 7) is 0.908. The lowest BCUT2D eigenvalue weighted by atomic mass is 10.1. The lowest BCUT2D eigenvalue weighted by molar-refractivity contribution is 0.0983. The molecule has 2 aromatic carbocycles. The number of aromatic nitrogens is 1. The summed E-state index contributed by atoms with van der Waals surface area (Å²) in [7, 11) is -3.62. The van der Waals surface area contributed by atoms with E-state index in [1.807, 2.05) is 0 Å². The Hall–Kier alpha value is -3.17. The summed E-state index contributed by atoms with van der Waals surface area (Å²) in [5.41, 5.74) is 0.582. The zero-order chi connectivity index (χ0) is 22.7. The molecular formula is C23H21F2N3O3S. The second kappa shape index (κ2) is 9.13. The van der Waals surface area contributed by atoms with Crippen LogP contribution in [-0.2, 0) is 16.6 Å². The standard InChI is InChI=1S/C23H21F2N3O3S/c24-18-8-11-22(21(25)15-18)28(16-19-5-1-2-12-26-19)23(29)17-6-9-20(10-7-17)32(30,31)27-13-3-4-14-27/h1-2,5-12,15H,3-4,13-14,16H2. The highest BCUT2D eigenvalue weighted by Crippen LogP contribution is 2.26. The maximum Gasteiger partial charge on any atom is 0.258 e. The largest absolute Gasteiger partial charge is 0.299 e. The van der Waals surface area contributed by atoms with Crippen molar-refractivity contribution in [3.8, 4) is 0 Å². The summed E-state index contributed by atoms with van der Waals surface area (Å²) in [6.07, 6.45) is 3.19. The minimum Gasteiger partial charge on any atom is -0.299 e. The van der Waals surface area contributed by atoms with Gasteiger partial charge in [0.2, 0.25) is 10.0 Å². The summed E-state index contributed by atoms with van der Waals surface area (Å²) >= 11 is 0. The average Bonchev–Trinajstić information content (AvgIpc) is 3.34. The molecule has 0 radical (unpaired) electrons. The second-order valence-electron chi connectivity index (χ2n) is 7.44. The smallest absolute Gasteiger partial charge is 0.258 e. The van der Waals surface area contributed by atoms with Gasteiger partial charge in [0.05, 0.1) is 22.8 Å². The van der Waals surface area contributed by atoms with Gasteiger partial charge in [-0.05, 0) is 61.4 Å². The first-order chi connectivity index (χ1) is 15.4. The number of carbonyl (C=O) groups is 1. The van der Waals surface area contributed by atoms with E-state index < -0.39 is 27.6 Å². The van der Waals surface area contributed by atoms with Crippen molar-refractivity contribution in [2.45, 2.75) is 24.3 Å². The monoisotopic (exact) mass is 457 g/mol. The van der Waals surface area contributed by atoms with Gasteiger partial charge in [0.1, 0.15) is 11.6 Å². The van der Waals surface area contributed by atoms with E-state index in [4.69, 9.17) is 0 Å². The van der Waals surface area contributed by atoms with Gasteiger partial charge in [-0.1, -0.05) is 6.07 Å². The number of benzene rings is 2. The number of sulfonamides is 1. The van der Waals surface area contributed by atoms with Crippen LogP contribution in [0.1, 0.15) is 28.9 Å². The zero-order valence-electron chi connectivity index (χ0n) is 17.1. The molecule has 0 spiro atoms. The molecule has 0 bridgehead atoms. The van der Waals surface area contributed by atoms with Gasteiger partial charge in [0.15, 0.2) is 0 Å². The van der Waals surface area contributed by atoms with Crippen molar-refractivity contribution < 1.29 is 22.0 Å². The van der Waals surface area contributed by atoms with Crippen LogP contribution in [0.5, 0.6) is 0 Å². The Labute approximate surface area is 185 Å². The fourth-order valence-electron chi connectivity index (χ4n) is 3.62. The van der Waals surface area contributed by atoms with Crippen LogP contribution >= 0.6 is 0 Å². The van der Waals surface area contributed by atoms with E-state index in [9.17, 15) is 22.0 Å². The Balaban J connectivity index is 1.66. The van der Waals surface area contributed by atoms with Gasteiger partial charge in [-0.2, -0.15) is 4.31 Å². The van der Waals surface area contributed by atoms with Crippen LogP contribution in [0.3, 0.4) is 0 Å². The lowest BCUT2D eigenvalue weighted by Gasteiger charge is -2.23. The molecule has 0 aliphatic carbocycles. The molecular weight excluding hydrogens is 436 g/mol. The van der Waals surface area contributed by atoms with Crippen molar-refractivity contribution in [3.05, 3.63) is 89.8 Å². The molecule has 32 heavy (non-hydrogen) atoms. The molecule has 1 fully saturated rings. The van der Waals surface area contributed by atoms with Crippen LogP contribution in [0.25, 0.3) is 0 Å². The molecule has 6 nitrogen and oxygen atoms in total. The molecule has 0 saturated carbocycles. The summed E-state index contributed by atoms with van der Waals surface area (Å²) in [4.78, 5) is 18.7. The molecule has 1 aliphatic heterocycles. The van der Waals surface area contributed by atoms with E-state index in [0.717, 1.165) is 23.8 Å². The maximum absolute atomic E-state index is 14.5. The number of carbonyl (C=O) groups excluding carboxylic acids is 1. The quantitative estimate of drug-likeness (QED) is 0.561. The van der Waals surface area contributed by atoms with E-state index in [0.29, 0.717) is 24.8 Å². The molecule has 4 rings (SSSR count). The number of pyridine rings is 1. The van der Waals surface area contributed by atoms with Crippen LogP contribution in [0.15, 0.2) is 71.8 Å². The number of nitrogens with zero attached hydrogens (tertiary/aromatic N) is 3. The van der Waals surface area contributed by atoms with Crippen molar-refractivity contribution >= 4 is 21.6 Å². The molecule has 0 unspecified atom stereocenters. The van der Waals surface area contributed by atoms with Crippen LogP contribution < -0.4 is 4.90 Å². The fourth-order valence-corrected chi connectivity index (χ4v) is 5.14. The number of halogens is 2. The van der Waals surface area contributed by atoms with E-state index in [1.54, 1.807) is 24.4 Å². The van der Waals surface area contributed by atoms with Gasteiger partial charge in [0, 0.05) is 30.9 Å². The van der Waals surface area contributed by atoms with E-state index >= 15 is 0 Å². The molecule has 3 aromatic rings. The predicted octanol–water partition coefficient (Wildman–Crippen LogP) is 3.99. The first kappa shape index (κ1) is 22.0. The summed E-state index contributed by atoms with van der Waals surface area (Å²) in [5.74, 6) is -2.21. The Kier molecular flexibility index (Phi) is 6.29. The minimum absolute atomic E-state index is 0.0456. The van der Waals surface area contributed by atoms with Crippen LogP contribution in [0, 0.1) is 11.6 Å². The minimum atomic E-state index is -3.62. The lowest BCUT2D eigenvalue weighted by Crippen LogP contribution is -2.32. The van der Waals surface area contributed by atoms with Gasteiger partial charge >= 0.3 is 0 Å². The van der Waals surface area contributed by atoms with Crippen molar-refractivity contribution in [1.82, 2.24) is 9.29 Å². The zero-order valence-corrected chi connectivity index (χ0v) is 17.9. The molecule has 2 heterocycles. The number of rotatable bonds is 6. The Morgan fingerprint density at radius 3 is 2.34 bits per heavy atom. The van der Waals surface area contributed by atoms with Crippen LogP contribution in [0.4, 0.5) is 14.5 Å². The van der Waals surface area contributed by atoms with Crippen LogP contribution in [0.2, 0.25) is 0 Å². The van der Waals surface area contributed by atoms with Crippen molar-refractivity contribution in [2.24, 2.45) is 0 Å². The fraction of sp³-hybridized carbons (Fsp3) is 0.217. The van der Waals surface area contributed by atoms with E-state index in [-0.39, 0.29) is 22.7 Å². The third-order valence-electron chi connectivity index (χ3n) is 5.30. The molecule has 1 aromatic heterocycles. The molecule has 1 saturated heterocycles. The SMILES string of the molecule is O=C(c1ccc(S(=O)(=O)N2CCCC2)cc1)N(Cc1ccccn1)c1ccc(F)cc1F. The van der Waals surface area contributed by atoms with Crippen molar-refractivity contribution in [1.29, 1.82) is 0 Å². The number of anilines is 1. The summed E-state index contributed by atoms with van der Waals surface area (Å²) in [5, 5.41) is 0. The topological polar surface area (TPSA) is 70.6 Å². The molecule has 9 heteroatoms. The average molecular weight is 458 g/mol. The maximum atomic E-state index is 14.5. The molecule has 1 aliphatic rings. The molecule has 166 valence electrons. The van der Waals surface area contributed by atoms with Crippen molar-refractivity contribution in [2.75, 3.05) is 18.0 Å².